The first kappa shape index (κ1) is 19.6. The highest BCUT2D eigenvalue weighted by Crippen LogP contribution is 2.29. The van der Waals surface area contributed by atoms with Crippen molar-refractivity contribution in [1.29, 1.82) is 0 Å². The van der Waals surface area contributed by atoms with Crippen LogP contribution in [0.2, 0.25) is 0 Å². The highest BCUT2D eigenvalue weighted by molar-refractivity contribution is 7.22. The molecule has 2 heterocycles. The van der Waals surface area contributed by atoms with Crippen LogP contribution >= 0.6 is 11.3 Å². The average Bonchev–Trinajstić information content (AvgIpc) is 3.14. The van der Waals surface area contributed by atoms with E-state index in [1.54, 1.807) is 24.3 Å². The van der Waals surface area contributed by atoms with E-state index in [4.69, 9.17) is 0 Å². The topological polar surface area (TPSA) is 120 Å². The molecule has 4 aromatic rings. The van der Waals surface area contributed by atoms with E-state index in [-0.39, 0.29) is 16.9 Å². The number of rotatable bonds is 6. The third-order valence-electron chi connectivity index (χ3n) is 4.61. The van der Waals surface area contributed by atoms with E-state index < -0.39 is 10.8 Å². The number of non-ortho nitro benzene ring substituents is 1. The van der Waals surface area contributed by atoms with Crippen molar-refractivity contribution in [2.45, 2.75) is 26.3 Å². The second kappa shape index (κ2) is 7.99. The third-order valence-corrected chi connectivity index (χ3v) is 5.54. The summed E-state index contributed by atoms with van der Waals surface area (Å²) in [6.07, 6.45) is 1.66. The molecule has 9 nitrogen and oxygen atoms in total. The number of benzene rings is 2. The highest BCUT2D eigenvalue weighted by Gasteiger charge is 2.18. The van der Waals surface area contributed by atoms with E-state index in [1.807, 2.05) is 6.92 Å². The summed E-state index contributed by atoms with van der Waals surface area (Å²) in [6.45, 7) is 2.43. The van der Waals surface area contributed by atoms with Gasteiger partial charge in [-0.1, -0.05) is 42.9 Å². The van der Waals surface area contributed by atoms with Crippen molar-refractivity contribution in [3.63, 3.8) is 0 Å². The standard InChI is InChI=1S/C20H17N5O4S/c1-2-3-10-24-19(27)14-7-5-4-6-13(14)17(23-24)18(26)22-20-21-15-9-8-12(25(28)29)11-16(15)30-20/h4-9,11H,2-3,10H2,1H3,(H,21,22,26). The summed E-state index contributed by atoms with van der Waals surface area (Å²) in [4.78, 5) is 40.5. The van der Waals surface area contributed by atoms with Crippen molar-refractivity contribution in [3.8, 4) is 0 Å². The molecule has 1 amide bonds. The quantitative estimate of drug-likeness (QED) is 0.370. The summed E-state index contributed by atoms with van der Waals surface area (Å²) < 4.78 is 1.91. The number of nitro benzene ring substituents is 1. The molecule has 0 saturated heterocycles. The first-order valence-electron chi connectivity index (χ1n) is 9.34. The van der Waals surface area contributed by atoms with Gasteiger partial charge in [0.25, 0.3) is 17.2 Å². The molecule has 152 valence electrons. The molecule has 1 N–H and O–H groups in total. The summed E-state index contributed by atoms with van der Waals surface area (Å²) in [6, 6.07) is 11.2. The molecule has 30 heavy (non-hydrogen) atoms. The zero-order valence-electron chi connectivity index (χ0n) is 16.0. The number of hydrogen-bond acceptors (Lipinski definition) is 7. The molecule has 2 aromatic carbocycles. The number of anilines is 1. The fourth-order valence-electron chi connectivity index (χ4n) is 3.10. The largest absolute Gasteiger partial charge is 0.296 e. The van der Waals surface area contributed by atoms with Crippen LogP contribution in [0.15, 0.2) is 47.3 Å². The predicted molar refractivity (Wildman–Crippen MR) is 115 cm³/mol. The molecular formula is C20H17N5O4S. The number of aryl methyl sites for hydroxylation is 1. The van der Waals surface area contributed by atoms with Crippen LogP contribution < -0.4 is 10.9 Å². The van der Waals surface area contributed by atoms with Crippen LogP contribution in [0, 0.1) is 10.1 Å². The first-order chi connectivity index (χ1) is 14.5. The number of unbranched alkanes of at least 4 members (excludes halogenated alkanes) is 1. The Kier molecular flexibility index (Phi) is 5.23. The molecule has 0 spiro atoms. The van der Waals surface area contributed by atoms with Crippen LogP contribution in [0.1, 0.15) is 30.3 Å². The molecule has 0 atom stereocenters. The molecule has 4 rings (SSSR count). The minimum absolute atomic E-state index is 0.0420. The fourth-order valence-corrected chi connectivity index (χ4v) is 3.99. The van der Waals surface area contributed by atoms with E-state index in [2.05, 4.69) is 15.4 Å². The Hall–Kier alpha value is -3.66. The molecule has 0 radical (unpaired) electrons. The molecule has 0 bridgehead atoms. The van der Waals surface area contributed by atoms with Gasteiger partial charge in [-0.25, -0.2) is 9.67 Å². The maximum atomic E-state index is 13.0. The van der Waals surface area contributed by atoms with Crippen LogP contribution in [0.25, 0.3) is 21.0 Å². The van der Waals surface area contributed by atoms with Crippen molar-refractivity contribution in [1.82, 2.24) is 14.8 Å². The summed E-state index contributed by atoms with van der Waals surface area (Å²) in [5.74, 6) is -0.495. The zero-order valence-corrected chi connectivity index (χ0v) is 16.8. The summed E-state index contributed by atoms with van der Waals surface area (Å²) >= 11 is 1.13. The van der Waals surface area contributed by atoms with Gasteiger partial charge >= 0.3 is 0 Å². The van der Waals surface area contributed by atoms with E-state index in [9.17, 15) is 19.7 Å². The number of nitrogens with zero attached hydrogens (tertiary/aromatic N) is 4. The second-order valence-electron chi connectivity index (χ2n) is 6.66. The minimum atomic E-state index is -0.495. The molecule has 10 heteroatoms. The van der Waals surface area contributed by atoms with Gasteiger partial charge in [-0.2, -0.15) is 5.10 Å². The summed E-state index contributed by atoms with van der Waals surface area (Å²) in [5.41, 5.74) is 0.403. The zero-order chi connectivity index (χ0) is 21.3. The number of hydrogen-bond donors (Lipinski definition) is 1. The number of amides is 1. The molecule has 0 aliphatic carbocycles. The minimum Gasteiger partial charge on any atom is -0.296 e. The van der Waals surface area contributed by atoms with Crippen molar-refractivity contribution in [3.05, 3.63) is 68.6 Å². The SMILES string of the molecule is CCCCn1nc(C(=O)Nc2nc3ccc([N+](=O)[O-])cc3s2)c2ccccc2c1=O. The Morgan fingerprint density at radius 1 is 1.23 bits per heavy atom. The van der Waals surface area contributed by atoms with Crippen LogP contribution in [0.4, 0.5) is 10.8 Å². The van der Waals surface area contributed by atoms with Crippen LogP contribution in [-0.4, -0.2) is 25.6 Å². The monoisotopic (exact) mass is 423 g/mol. The van der Waals surface area contributed by atoms with Crippen LogP contribution in [0.5, 0.6) is 0 Å². The van der Waals surface area contributed by atoms with Gasteiger partial charge in [0.15, 0.2) is 10.8 Å². The summed E-state index contributed by atoms with van der Waals surface area (Å²) in [5, 5.41) is 19.2. The van der Waals surface area contributed by atoms with Gasteiger partial charge in [-0.3, -0.25) is 25.0 Å². The van der Waals surface area contributed by atoms with Crippen molar-refractivity contribution >= 4 is 49.1 Å². The lowest BCUT2D eigenvalue weighted by Gasteiger charge is -2.10. The number of carbonyl (C=O) groups excluding carboxylic acids is 1. The average molecular weight is 423 g/mol. The van der Waals surface area contributed by atoms with E-state index in [1.165, 1.54) is 22.9 Å². The Morgan fingerprint density at radius 2 is 2.00 bits per heavy atom. The summed E-state index contributed by atoms with van der Waals surface area (Å²) in [7, 11) is 0. The third kappa shape index (κ3) is 3.64. The maximum Gasteiger partial charge on any atom is 0.278 e. The smallest absolute Gasteiger partial charge is 0.278 e. The maximum absolute atomic E-state index is 13.0. The van der Waals surface area contributed by atoms with Crippen LogP contribution in [-0.2, 0) is 6.54 Å². The highest BCUT2D eigenvalue weighted by atomic mass is 32.1. The van der Waals surface area contributed by atoms with Gasteiger partial charge in [0.2, 0.25) is 0 Å². The lowest BCUT2D eigenvalue weighted by atomic mass is 10.1. The predicted octanol–water partition coefficient (Wildman–Crippen LogP) is 3.97. The van der Waals surface area contributed by atoms with Gasteiger partial charge in [-0.05, 0) is 18.6 Å². The molecule has 0 aliphatic heterocycles. The van der Waals surface area contributed by atoms with E-state index in [0.29, 0.717) is 32.7 Å². The number of fused-ring (bicyclic) bond motifs is 2. The molecule has 0 unspecified atom stereocenters. The molecule has 0 saturated carbocycles. The number of thiazole rings is 1. The van der Waals surface area contributed by atoms with Gasteiger partial charge < -0.3 is 0 Å². The molecule has 0 fully saturated rings. The van der Waals surface area contributed by atoms with Gasteiger partial charge in [0.1, 0.15) is 0 Å². The lowest BCUT2D eigenvalue weighted by molar-refractivity contribution is -0.384. The Bertz CT molecular complexity index is 1340. The van der Waals surface area contributed by atoms with Crippen molar-refractivity contribution in [2.24, 2.45) is 0 Å². The number of carbonyl (C=O) groups is 1. The van der Waals surface area contributed by atoms with E-state index >= 15 is 0 Å². The molecule has 2 aromatic heterocycles. The Morgan fingerprint density at radius 3 is 2.73 bits per heavy atom. The lowest BCUT2D eigenvalue weighted by Crippen LogP contribution is -2.27. The molecule has 0 aliphatic rings. The van der Waals surface area contributed by atoms with E-state index in [0.717, 1.165) is 24.2 Å². The second-order valence-corrected chi connectivity index (χ2v) is 7.69. The number of nitrogens with one attached hydrogen (secondary N) is 1. The fraction of sp³-hybridized carbons (Fsp3) is 0.200. The normalized spacial score (nSPS) is 11.1. The van der Waals surface area contributed by atoms with Crippen LogP contribution in [0.3, 0.4) is 0 Å². The Labute approximate surface area is 174 Å². The molecular weight excluding hydrogens is 406 g/mol. The Balaban J connectivity index is 1.72. The first-order valence-corrected chi connectivity index (χ1v) is 10.2. The number of aromatic nitrogens is 3. The van der Waals surface area contributed by atoms with Gasteiger partial charge in [0.05, 0.1) is 20.5 Å². The number of nitro groups is 1. The van der Waals surface area contributed by atoms with Gasteiger partial charge in [-0.15, -0.1) is 0 Å². The van der Waals surface area contributed by atoms with Crippen molar-refractivity contribution < 1.29 is 9.72 Å². The van der Waals surface area contributed by atoms with Crippen molar-refractivity contribution in [2.75, 3.05) is 5.32 Å². The van der Waals surface area contributed by atoms with Gasteiger partial charge in [0, 0.05) is 24.1 Å².